The molecule has 0 amide bonds. The Bertz CT molecular complexity index is 1150. The monoisotopic (exact) mass is 382 g/mol. The van der Waals surface area contributed by atoms with E-state index in [9.17, 15) is 4.79 Å². The molecule has 4 fully saturated rings. The number of rotatable bonds is 1. The second kappa shape index (κ2) is 5.21. The molecule has 5 atom stereocenters. The number of ketones is 1. The van der Waals surface area contributed by atoms with Crippen LogP contribution in [0.15, 0.2) is 53.5 Å². The maximum Gasteiger partial charge on any atom is 0.214 e. The standard InChI is InChI=1S/C24H22N4O/c1-28-18(13-8-14-9-15-10-19(28)24(14,15)11-13)12-27-22-16-4-2-6-25-20(16)21-17(23(22)29)5-3-7-26-21/h2-7,12-15,19H,8-11H2,1H3/b18-12+,27-22?. The Labute approximate surface area is 169 Å². The third kappa shape index (κ3) is 1.78. The van der Waals surface area contributed by atoms with E-state index in [0.717, 1.165) is 23.1 Å². The molecule has 1 aliphatic heterocycles. The summed E-state index contributed by atoms with van der Waals surface area (Å²) in [5, 5.41) is 0. The van der Waals surface area contributed by atoms with Crippen LogP contribution in [0.3, 0.4) is 0 Å². The lowest BCUT2D eigenvalue weighted by Gasteiger charge is -2.70. The first-order valence-corrected chi connectivity index (χ1v) is 10.6. The number of likely N-dealkylation sites (tertiary alicyclic amines) is 1. The molecule has 0 radical (unpaired) electrons. The van der Waals surface area contributed by atoms with Gasteiger partial charge in [-0.15, -0.1) is 0 Å². The van der Waals surface area contributed by atoms with Gasteiger partial charge in [0.15, 0.2) is 0 Å². The van der Waals surface area contributed by atoms with Gasteiger partial charge in [-0.1, -0.05) is 0 Å². The molecule has 0 aromatic carbocycles. The van der Waals surface area contributed by atoms with Gasteiger partial charge in [-0.3, -0.25) is 19.8 Å². The molecule has 1 spiro atoms. The SMILES string of the molecule is CN1/C(=C/N=C2C(=O)c3cccnc3-c3ncccc32)C2CC3CC4CC1C34C2. The van der Waals surface area contributed by atoms with Crippen molar-refractivity contribution < 1.29 is 4.79 Å². The highest BCUT2D eigenvalue weighted by Crippen LogP contribution is 2.76. The minimum absolute atomic E-state index is 0.0596. The summed E-state index contributed by atoms with van der Waals surface area (Å²) in [5.41, 5.74) is 5.20. The molecule has 0 N–H and O–H groups in total. The molecule has 2 bridgehead atoms. The van der Waals surface area contributed by atoms with Crippen molar-refractivity contribution in [2.75, 3.05) is 7.05 Å². The number of aromatic nitrogens is 2. The number of hydrogen-bond donors (Lipinski definition) is 0. The molecule has 2 aromatic rings. The van der Waals surface area contributed by atoms with Gasteiger partial charge in [-0.05, 0) is 67.2 Å². The minimum atomic E-state index is -0.0596. The Kier molecular flexibility index (Phi) is 2.88. The van der Waals surface area contributed by atoms with Gasteiger partial charge in [-0.25, -0.2) is 0 Å². The van der Waals surface area contributed by atoms with Gasteiger partial charge in [-0.2, -0.15) is 0 Å². The van der Waals surface area contributed by atoms with Crippen LogP contribution in [0.5, 0.6) is 0 Å². The largest absolute Gasteiger partial charge is 0.373 e. The highest BCUT2D eigenvalue weighted by Gasteiger charge is 2.73. The summed E-state index contributed by atoms with van der Waals surface area (Å²) in [6, 6.07) is 8.10. The number of aliphatic imine (C=N–C) groups is 1. The number of carbonyl (C=O) groups is 1. The summed E-state index contributed by atoms with van der Waals surface area (Å²) in [5.74, 6) is 2.42. The number of hydrogen-bond acceptors (Lipinski definition) is 5. The summed E-state index contributed by atoms with van der Waals surface area (Å²) >= 11 is 0. The van der Waals surface area contributed by atoms with Gasteiger partial charge in [0.05, 0.1) is 11.3 Å². The second-order valence-electron chi connectivity index (χ2n) is 9.40. The van der Waals surface area contributed by atoms with E-state index in [2.05, 4.69) is 21.9 Å². The summed E-state index contributed by atoms with van der Waals surface area (Å²) in [4.78, 5) is 29.5. The minimum Gasteiger partial charge on any atom is -0.373 e. The smallest absolute Gasteiger partial charge is 0.214 e. The fourth-order valence-electron chi connectivity index (χ4n) is 7.26. The lowest BCUT2D eigenvalue weighted by Crippen LogP contribution is -2.69. The number of allylic oxidation sites excluding steroid dienone is 1. The normalized spacial score (nSPS) is 38.2. The fraction of sp³-hybridized carbons (Fsp3) is 0.417. The maximum absolute atomic E-state index is 13.2. The van der Waals surface area contributed by atoms with Crippen LogP contribution in [0.4, 0.5) is 0 Å². The Hall–Kier alpha value is -2.82. The predicted molar refractivity (Wildman–Crippen MR) is 109 cm³/mol. The number of pyridine rings is 2. The van der Waals surface area contributed by atoms with E-state index in [1.54, 1.807) is 18.5 Å². The molecule has 1 saturated heterocycles. The molecule has 5 heteroatoms. The molecule has 3 heterocycles. The van der Waals surface area contributed by atoms with Crippen molar-refractivity contribution in [1.82, 2.24) is 14.9 Å². The van der Waals surface area contributed by atoms with E-state index < -0.39 is 0 Å². The van der Waals surface area contributed by atoms with Gasteiger partial charge in [0.2, 0.25) is 5.78 Å². The number of carbonyl (C=O) groups excluding carboxylic acids is 1. The van der Waals surface area contributed by atoms with Gasteiger partial charge in [0.25, 0.3) is 0 Å². The lowest BCUT2D eigenvalue weighted by molar-refractivity contribution is -0.188. The van der Waals surface area contributed by atoms with E-state index in [1.807, 2.05) is 24.4 Å². The Morgan fingerprint density at radius 1 is 1.07 bits per heavy atom. The molecule has 2 aromatic heterocycles. The fourth-order valence-corrected chi connectivity index (χ4v) is 7.26. The summed E-state index contributed by atoms with van der Waals surface area (Å²) in [6.45, 7) is 0. The van der Waals surface area contributed by atoms with E-state index in [-0.39, 0.29) is 5.78 Å². The first-order valence-electron chi connectivity index (χ1n) is 10.6. The molecule has 29 heavy (non-hydrogen) atoms. The van der Waals surface area contributed by atoms with Crippen molar-refractivity contribution in [2.45, 2.75) is 31.7 Å². The van der Waals surface area contributed by atoms with Crippen LogP contribution < -0.4 is 0 Å². The molecule has 5 aliphatic rings. The summed E-state index contributed by atoms with van der Waals surface area (Å²) < 4.78 is 0. The Morgan fingerprint density at radius 3 is 2.59 bits per heavy atom. The molecule has 144 valence electrons. The van der Waals surface area contributed by atoms with Gasteiger partial charge < -0.3 is 4.90 Å². The quantitative estimate of drug-likeness (QED) is 0.754. The van der Waals surface area contributed by atoms with Crippen molar-refractivity contribution >= 4 is 11.5 Å². The van der Waals surface area contributed by atoms with Crippen molar-refractivity contribution in [3.63, 3.8) is 0 Å². The van der Waals surface area contributed by atoms with E-state index in [1.165, 1.54) is 31.4 Å². The van der Waals surface area contributed by atoms with E-state index >= 15 is 0 Å². The highest BCUT2D eigenvalue weighted by atomic mass is 16.1. The average molecular weight is 382 g/mol. The van der Waals surface area contributed by atoms with Crippen LogP contribution in [0.2, 0.25) is 0 Å². The summed E-state index contributed by atoms with van der Waals surface area (Å²) in [6.07, 6.45) is 10.8. The van der Waals surface area contributed by atoms with Crippen LogP contribution in [0, 0.1) is 23.2 Å². The molecule has 7 rings (SSSR count). The topological polar surface area (TPSA) is 58.5 Å². The van der Waals surface area contributed by atoms with Crippen LogP contribution >= 0.6 is 0 Å². The van der Waals surface area contributed by atoms with Crippen LogP contribution in [-0.4, -0.2) is 39.5 Å². The summed E-state index contributed by atoms with van der Waals surface area (Å²) in [7, 11) is 2.24. The van der Waals surface area contributed by atoms with Gasteiger partial charge in [0, 0.05) is 48.9 Å². The number of piperidine rings is 1. The van der Waals surface area contributed by atoms with Crippen molar-refractivity contribution in [3.05, 3.63) is 59.7 Å². The zero-order chi connectivity index (χ0) is 19.3. The first kappa shape index (κ1) is 16.0. The predicted octanol–water partition coefficient (Wildman–Crippen LogP) is 3.72. The third-order valence-electron chi connectivity index (χ3n) is 8.56. The number of fused-ring (bicyclic) bond motifs is 4. The van der Waals surface area contributed by atoms with Crippen LogP contribution in [-0.2, 0) is 0 Å². The maximum atomic E-state index is 13.2. The van der Waals surface area contributed by atoms with Gasteiger partial charge in [0.1, 0.15) is 11.4 Å². The molecule has 5 nitrogen and oxygen atoms in total. The molecule has 5 unspecified atom stereocenters. The first-order chi connectivity index (χ1) is 14.2. The van der Waals surface area contributed by atoms with E-state index in [0.29, 0.717) is 34.3 Å². The van der Waals surface area contributed by atoms with Crippen molar-refractivity contribution in [1.29, 1.82) is 0 Å². The zero-order valence-corrected chi connectivity index (χ0v) is 16.4. The average Bonchev–Trinajstić information content (AvgIpc) is 3.11. The zero-order valence-electron chi connectivity index (χ0n) is 16.4. The second-order valence-corrected chi connectivity index (χ2v) is 9.40. The Balaban J connectivity index is 1.34. The molecule has 3 saturated carbocycles. The van der Waals surface area contributed by atoms with Crippen LogP contribution in [0.1, 0.15) is 41.6 Å². The molecular formula is C24H22N4O. The third-order valence-corrected chi connectivity index (χ3v) is 8.56. The number of nitrogens with zero attached hydrogens (tertiary/aromatic N) is 4. The molecule has 4 aliphatic carbocycles. The van der Waals surface area contributed by atoms with E-state index in [4.69, 9.17) is 4.99 Å². The number of Topliss-reactive ketones (excluding diaryl/α,β-unsaturated/α-hetero) is 1. The van der Waals surface area contributed by atoms with Crippen molar-refractivity contribution in [3.8, 4) is 11.4 Å². The van der Waals surface area contributed by atoms with Crippen LogP contribution in [0.25, 0.3) is 11.4 Å². The molecular weight excluding hydrogens is 360 g/mol. The lowest BCUT2D eigenvalue weighted by atomic mass is 9.40. The highest BCUT2D eigenvalue weighted by molar-refractivity contribution is 6.54. The Morgan fingerprint density at radius 2 is 1.79 bits per heavy atom. The van der Waals surface area contributed by atoms with Gasteiger partial charge >= 0.3 is 0 Å². The van der Waals surface area contributed by atoms with Crippen molar-refractivity contribution in [2.24, 2.45) is 28.2 Å².